The van der Waals surface area contributed by atoms with Gasteiger partial charge >= 0.3 is 0 Å². The molecule has 2 aromatic carbocycles. The molecule has 0 aliphatic heterocycles. The Morgan fingerprint density at radius 1 is 0.870 bits per heavy atom. The third kappa shape index (κ3) is 4.73. The average molecular weight is 334 g/mol. The van der Waals surface area contributed by atoms with Crippen molar-refractivity contribution in [2.45, 2.75) is 42.4 Å². The fraction of sp³-hybridized carbons (Fsp3) is 0.333. The van der Waals surface area contributed by atoms with Gasteiger partial charge in [0.05, 0.1) is 16.4 Å². The smallest absolute Gasteiger partial charge is 0.206 e. The van der Waals surface area contributed by atoms with E-state index in [-0.39, 0.29) is 15.5 Å². The van der Waals surface area contributed by atoms with E-state index in [4.69, 9.17) is 4.74 Å². The number of sulfone groups is 1. The number of aromatic hydroxyl groups is 1. The second-order valence-corrected chi connectivity index (χ2v) is 7.33. The van der Waals surface area contributed by atoms with Crippen LogP contribution in [0.5, 0.6) is 11.5 Å². The lowest BCUT2D eigenvalue weighted by molar-refractivity contribution is 0.305. The van der Waals surface area contributed by atoms with E-state index >= 15 is 0 Å². The van der Waals surface area contributed by atoms with Gasteiger partial charge in [0.25, 0.3) is 0 Å². The molecule has 124 valence electrons. The molecule has 2 rings (SSSR count). The lowest BCUT2D eigenvalue weighted by Gasteiger charge is -2.08. The molecular formula is C18H22O4S. The molecule has 23 heavy (non-hydrogen) atoms. The van der Waals surface area contributed by atoms with Gasteiger partial charge in [-0.1, -0.05) is 26.2 Å². The number of phenols is 1. The van der Waals surface area contributed by atoms with Crippen molar-refractivity contribution in [1.29, 1.82) is 0 Å². The van der Waals surface area contributed by atoms with E-state index in [2.05, 4.69) is 6.92 Å². The molecule has 0 heterocycles. The van der Waals surface area contributed by atoms with E-state index in [0.29, 0.717) is 12.4 Å². The van der Waals surface area contributed by atoms with Gasteiger partial charge in [-0.15, -0.1) is 0 Å². The summed E-state index contributed by atoms with van der Waals surface area (Å²) < 4.78 is 30.5. The quantitative estimate of drug-likeness (QED) is 0.735. The molecule has 4 nitrogen and oxygen atoms in total. The Balaban J connectivity index is 2.02. The summed E-state index contributed by atoms with van der Waals surface area (Å²) in [5.74, 6) is 0.710. The van der Waals surface area contributed by atoms with Crippen LogP contribution in [0.4, 0.5) is 0 Å². The molecule has 0 saturated heterocycles. The minimum atomic E-state index is -3.57. The number of ether oxygens (including phenoxy) is 1. The second-order valence-electron chi connectivity index (χ2n) is 5.38. The van der Waals surface area contributed by atoms with Gasteiger partial charge in [-0.2, -0.15) is 0 Å². The highest BCUT2D eigenvalue weighted by atomic mass is 32.2. The van der Waals surface area contributed by atoms with Crippen molar-refractivity contribution in [1.82, 2.24) is 0 Å². The normalized spacial score (nSPS) is 11.3. The van der Waals surface area contributed by atoms with Gasteiger partial charge < -0.3 is 9.84 Å². The fourth-order valence-corrected chi connectivity index (χ4v) is 3.46. The number of benzene rings is 2. The van der Waals surface area contributed by atoms with Gasteiger partial charge in [-0.25, -0.2) is 8.42 Å². The van der Waals surface area contributed by atoms with Crippen molar-refractivity contribution in [2.75, 3.05) is 6.61 Å². The lowest BCUT2D eigenvalue weighted by atomic mass is 10.2. The Bertz CT molecular complexity index is 704. The van der Waals surface area contributed by atoms with Crippen molar-refractivity contribution < 1.29 is 18.3 Å². The van der Waals surface area contributed by atoms with Crippen LogP contribution in [0.3, 0.4) is 0 Å². The fourth-order valence-electron chi connectivity index (χ4n) is 2.20. The van der Waals surface area contributed by atoms with E-state index in [9.17, 15) is 13.5 Å². The van der Waals surface area contributed by atoms with Crippen LogP contribution >= 0.6 is 0 Å². The van der Waals surface area contributed by atoms with E-state index in [1.807, 2.05) is 0 Å². The molecule has 0 amide bonds. The summed E-state index contributed by atoms with van der Waals surface area (Å²) in [4.78, 5) is 0.366. The molecule has 2 aromatic rings. The molecule has 0 fully saturated rings. The molecule has 1 N–H and O–H groups in total. The molecule has 0 aliphatic rings. The molecule has 0 saturated carbocycles. The van der Waals surface area contributed by atoms with Crippen LogP contribution in [0.15, 0.2) is 58.3 Å². The van der Waals surface area contributed by atoms with Gasteiger partial charge in [0.2, 0.25) is 9.84 Å². The van der Waals surface area contributed by atoms with Crippen molar-refractivity contribution in [2.24, 2.45) is 0 Å². The zero-order chi connectivity index (χ0) is 16.7. The highest BCUT2D eigenvalue weighted by molar-refractivity contribution is 7.91. The highest BCUT2D eigenvalue weighted by Gasteiger charge is 2.17. The lowest BCUT2D eigenvalue weighted by Crippen LogP contribution is -2.02. The Morgan fingerprint density at radius 3 is 2.00 bits per heavy atom. The number of hydrogen-bond acceptors (Lipinski definition) is 4. The van der Waals surface area contributed by atoms with E-state index < -0.39 is 9.84 Å². The molecule has 0 spiro atoms. The summed E-state index contributed by atoms with van der Waals surface area (Å²) in [5.41, 5.74) is 0. The van der Waals surface area contributed by atoms with Gasteiger partial charge in [-0.05, 0) is 55.0 Å². The molecule has 0 unspecified atom stereocenters. The van der Waals surface area contributed by atoms with Gasteiger partial charge in [0.15, 0.2) is 0 Å². The summed E-state index contributed by atoms with van der Waals surface area (Å²) >= 11 is 0. The Morgan fingerprint density at radius 2 is 1.43 bits per heavy atom. The van der Waals surface area contributed by atoms with Gasteiger partial charge in [0.1, 0.15) is 11.5 Å². The third-order valence-corrected chi connectivity index (χ3v) is 5.33. The van der Waals surface area contributed by atoms with Crippen molar-refractivity contribution in [3.8, 4) is 11.5 Å². The standard InChI is InChI=1S/C18H22O4S/c1-2-3-4-5-14-22-16-8-12-18(13-9-16)23(20,21)17-10-6-15(19)7-11-17/h6-13,19H,2-5,14H2,1H3. The van der Waals surface area contributed by atoms with Crippen molar-refractivity contribution >= 4 is 9.84 Å². The first-order valence-corrected chi connectivity index (χ1v) is 9.29. The number of phenolic OH excluding ortho intramolecular Hbond substituents is 1. The SMILES string of the molecule is CCCCCCOc1ccc(S(=O)(=O)c2ccc(O)cc2)cc1. The first-order chi connectivity index (χ1) is 11.0. The molecule has 5 heteroatoms. The second kappa shape index (κ2) is 8.02. The zero-order valence-electron chi connectivity index (χ0n) is 13.2. The van der Waals surface area contributed by atoms with Crippen LogP contribution in [0, 0.1) is 0 Å². The minimum Gasteiger partial charge on any atom is -0.508 e. The largest absolute Gasteiger partial charge is 0.508 e. The maximum Gasteiger partial charge on any atom is 0.206 e. The molecule has 0 bridgehead atoms. The average Bonchev–Trinajstić information content (AvgIpc) is 2.55. The van der Waals surface area contributed by atoms with Crippen LogP contribution in [-0.4, -0.2) is 20.1 Å². The van der Waals surface area contributed by atoms with E-state index in [0.717, 1.165) is 12.8 Å². The monoisotopic (exact) mass is 334 g/mol. The predicted octanol–water partition coefficient (Wildman–Crippen LogP) is 4.18. The molecule has 0 aliphatic carbocycles. The first-order valence-electron chi connectivity index (χ1n) is 7.81. The number of unbranched alkanes of at least 4 members (excludes halogenated alkanes) is 3. The minimum absolute atomic E-state index is 0.0378. The molecular weight excluding hydrogens is 312 g/mol. The number of hydrogen-bond donors (Lipinski definition) is 1. The maximum atomic E-state index is 12.5. The van der Waals surface area contributed by atoms with E-state index in [1.165, 1.54) is 37.1 Å². The van der Waals surface area contributed by atoms with Gasteiger partial charge in [-0.3, -0.25) is 0 Å². The van der Waals surface area contributed by atoms with Crippen LogP contribution < -0.4 is 4.74 Å². The summed E-state index contributed by atoms with van der Waals surface area (Å²) in [6.45, 7) is 2.80. The molecule has 0 atom stereocenters. The molecule has 0 aromatic heterocycles. The Labute approximate surface area is 137 Å². The predicted molar refractivity (Wildman–Crippen MR) is 89.6 cm³/mol. The highest BCUT2D eigenvalue weighted by Crippen LogP contribution is 2.24. The Hall–Kier alpha value is -2.01. The zero-order valence-corrected chi connectivity index (χ0v) is 14.1. The number of rotatable bonds is 8. The first kappa shape index (κ1) is 17.3. The van der Waals surface area contributed by atoms with Crippen molar-refractivity contribution in [3.63, 3.8) is 0 Å². The van der Waals surface area contributed by atoms with E-state index in [1.54, 1.807) is 24.3 Å². The third-order valence-electron chi connectivity index (χ3n) is 3.55. The topological polar surface area (TPSA) is 63.6 Å². The van der Waals surface area contributed by atoms with Crippen LogP contribution in [0.25, 0.3) is 0 Å². The van der Waals surface area contributed by atoms with Gasteiger partial charge in [0, 0.05) is 0 Å². The van der Waals surface area contributed by atoms with Crippen LogP contribution in [0.2, 0.25) is 0 Å². The Kier molecular flexibility index (Phi) is 6.04. The van der Waals surface area contributed by atoms with Crippen molar-refractivity contribution in [3.05, 3.63) is 48.5 Å². The summed E-state index contributed by atoms with van der Waals surface area (Å²) in [5, 5.41) is 9.25. The summed E-state index contributed by atoms with van der Waals surface area (Å²) in [6.07, 6.45) is 4.53. The maximum absolute atomic E-state index is 12.5. The summed E-state index contributed by atoms with van der Waals surface area (Å²) in [6, 6.07) is 11.9. The molecule has 0 radical (unpaired) electrons. The van der Waals surface area contributed by atoms with Crippen LogP contribution in [0.1, 0.15) is 32.6 Å². The van der Waals surface area contributed by atoms with Crippen LogP contribution in [-0.2, 0) is 9.84 Å². The summed E-state index contributed by atoms with van der Waals surface area (Å²) in [7, 11) is -3.57.